The molecule has 4 nitrogen and oxygen atoms in total. The lowest BCUT2D eigenvalue weighted by atomic mass is 9.92. The summed E-state index contributed by atoms with van der Waals surface area (Å²) in [6.45, 7) is 0. The zero-order valence-electron chi connectivity index (χ0n) is 34.0. The minimum absolute atomic E-state index is 0.149. The molecule has 0 N–H and O–H groups in total. The molecule has 4 heteroatoms. The van der Waals surface area contributed by atoms with Crippen LogP contribution in [0.15, 0.2) is 206 Å². The third-order valence-corrected chi connectivity index (χ3v) is 9.82. The summed E-state index contributed by atoms with van der Waals surface area (Å²) in [6, 6.07) is 55.2. The molecule has 0 saturated carbocycles. The molecular weight excluding hydrogens is 657 g/mol. The maximum absolute atomic E-state index is 8.90. The number of rotatable bonds is 7. The Labute approximate surface area is 321 Å². The molecule has 54 heavy (non-hydrogen) atoms. The summed E-state index contributed by atoms with van der Waals surface area (Å²) in [6.07, 6.45) is 2.02. The molecule has 0 saturated heterocycles. The Bertz CT molecular complexity index is 3180. The fraction of sp³-hybridized carbons (Fsp3) is 0. The number of hydrogen-bond donors (Lipinski definition) is 0. The van der Waals surface area contributed by atoms with E-state index in [0.717, 1.165) is 78.5 Å². The quantitative estimate of drug-likeness (QED) is 0.166. The number of fused-ring (bicyclic) bond motifs is 2. The van der Waals surface area contributed by atoms with E-state index >= 15 is 0 Å². The lowest BCUT2D eigenvalue weighted by Gasteiger charge is -2.14. The maximum Gasteiger partial charge on any atom is 0.145 e. The van der Waals surface area contributed by atoms with Gasteiger partial charge in [0.15, 0.2) is 0 Å². The van der Waals surface area contributed by atoms with E-state index in [1.807, 2.05) is 103 Å². The van der Waals surface area contributed by atoms with Crippen molar-refractivity contribution in [2.45, 2.75) is 0 Å². The Morgan fingerprint density at radius 3 is 1.81 bits per heavy atom. The monoisotopic (exact) mass is 695 g/mol. The van der Waals surface area contributed by atoms with Gasteiger partial charge in [-0.2, -0.15) is 0 Å². The van der Waals surface area contributed by atoms with Gasteiger partial charge in [0.25, 0.3) is 0 Å². The van der Waals surface area contributed by atoms with Gasteiger partial charge in [-0.05, 0) is 94.0 Å². The molecule has 0 fully saturated rings. The minimum atomic E-state index is -0.424. The van der Waals surface area contributed by atoms with Gasteiger partial charge >= 0.3 is 0 Å². The summed E-state index contributed by atoms with van der Waals surface area (Å²) in [7, 11) is 0. The predicted octanol–water partition coefficient (Wildman–Crippen LogP) is 12.7. The number of benzene rings is 7. The van der Waals surface area contributed by atoms with Crippen molar-refractivity contribution < 1.29 is 6.85 Å². The van der Waals surface area contributed by atoms with Crippen molar-refractivity contribution >= 4 is 16.7 Å². The summed E-state index contributed by atoms with van der Waals surface area (Å²) in [5, 5.41) is 0. The molecule has 0 bridgehead atoms. The molecule has 10 rings (SSSR count). The fourth-order valence-electron chi connectivity index (χ4n) is 7.29. The second-order valence-corrected chi connectivity index (χ2v) is 13.2. The van der Waals surface area contributed by atoms with Crippen LogP contribution in [0.2, 0.25) is 0 Å². The highest BCUT2D eigenvalue weighted by molar-refractivity contribution is 5.87. The smallest absolute Gasteiger partial charge is 0.145 e. The first kappa shape index (κ1) is 26.5. The Balaban J connectivity index is 1.14. The van der Waals surface area contributed by atoms with E-state index in [1.165, 1.54) is 0 Å². The van der Waals surface area contributed by atoms with Crippen LogP contribution in [0.25, 0.3) is 89.7 Å². The lowest BCUT2D eigenvalue weighted by molar-refractivity contribution is 1.10. The minimum Gasteiger partial charge on any atom is -0.299 e. The first-order chi connectivity index (χ1) is 28.8. The highest BCUT2D eigenvalue weighted by atomic mass is 15.1. The van der Waals surface area contributed by atoms with Crippen molar-refractivity contribution in [2.24, 2.45) is 0 Å². The molecule has 0 radical (unpaired) electrons. The van der Waals surface area contributed by atoms with Crippen LogP contribution in [0.4, 0.5) is 0 Å². The van der Waals surface area contributed by atoms with E-state index in [4.69, 9.17) is 16.8 Å². The summed E-state index contributed by atoms with van der Waals surface area (Å²) >= 11 is 0. The second kappa shape index (κ2) is 13.4. The van der Waals surface area contributed by atoms with Crippen LogP contribution in [0.5, 0.6) is 0 Å². The van der Waals surface area contributed by atoms with Crippen LogP contribution in [0.1, 0.15) is 6.85 Å². The lowest BCUT2D eigenvalue weighted by Crippen LogP contribution is -1.97. The number of para-hydroxylation sites is 2. The highest BCUT2D eigenvalue weighted by Crippen LogP contribution is 2.38. The molecule has 0 unspecified atom stereocenters. The topological polar surface area (TPSA) is 35.1 Å². The Morgan fingerprint density at radius 2 is 1.04 bits per heavy atom. The second-order valence-electron chi connectivity index (χ2n) is 13.2. The first-order valence-corrected chi connectivity index (χ1v) is 17.8. The van der Waals surface area contributed by atoms with E-state index in [9.17, 15) is 0 Å². The van der Waals surface area contributed by atoms with Crippen LogP contribution in [0, 0.1) is 0 Å². The first-order valence-electron chi connectivity index (χ1n) is 20.3. The number of aromatic nitrogens is 4. The van der Waals surface area contributed by atoms with Gasteiger partial charge in [0, 0.05) is 28.6 Å². The third kappa shape index (κ3) is 5.67. The SMILES string of the molecule is [2H]c1c([2H])c([2H])c(-c2cc(-c3ccc(-n4c(-c5ccccc5)nc5ccccc54)cc3)cc(-c3cccc(-c4nc5ccccn5c4-c4ccccc4)c3)c2)c([2H])c1[2H]. The van der Waals surface area contributed by atoms with Crippen molar-refractivity contribution in [3.05, 3.63) is 206 Å². The van der Waals surface area contributed by atoms with Crippen molar-refractivity contribution in [3.63, 3.8) is 0 Å². The Morgan fingerprint density at radius 1 is 0.426 bits per heavy atom. The van der Waals surface area contributed by atoms with Crippen LogP contribution in [-0.2, 0) is 0 Å². The van der Waals surface area contributed by atoms with Gasteiger partial charge in [0.05, 0.1) is 29.3 Å². The zero-order chi connectivity index (χ0) is 40.2. The Kier molecular flexibility index (Phi) is 6.54. The number of pyridine rings is 1. The normalized spacial score (nSPS) is 12.6. The number of nitrogens with zero attached hydrogens (tertiary/aromatic N) is 4. The largest absolute Gasteiger partial charge is 0.299 e. The van der Waals surface area contributed by atoms with Gasteiger partial charge in [-0.25, -0.2) is 9.97 Å². The van der Waals surface area contributed by atoms with Crippen LogP contribution >= 0.6 is 0 Å². The summed E-state index contributed by atoms with van der Waals surface area (Å²) < 4.78 is 47.3. The van der Waals surface area contributed by atoms with E-state index < -0.39 is 6.04 Å². The van der Waals surface area contributed by atoms with Gasteiger partial charge in [0.1, 0.15) is 11.5 Å². The molecule has 0 spiro atoms. The average molecular weight is 696 g/mol. The molecule has 3 aromatic heterocycles. The molecule has 7 aromatic carbocycles. The van der Waals surface area contributed by atoms with Crippen LogP contribution in [0.3, 0.4) is 0 Å². The van der Waals surface area contributed by atoms with Crippen LogP contribution < -0.4 is 0 Å². The summed E-state index contributed by atoms with van der Waals surface area (Å²) in [5.74, 6) is 0.839. The molecule has 254 valence electrons. The molecule has 0 amide bonds. The number of hydrogen-bond acceptors (Lipinski definition) is 2. The molecule has 0 aliphatic rings. The average Bonchev–Trinajstić information content (AvgIpc) is 3.88. The molecule has 0 aliphatic carbocycles. The van der Waals surface area contributed by atoms with E-state index in [-0.39, 0.29) is 29.7 Å². The molecule has 3 heterocycles. The predicted molar refractivity (Wildman–Crippen MR) is 222 cm³/mol. The standard InChI is InChI=1S/C50H34N4/c1-4-15-35(16-5-1)41-32-42(36-26-28-44(29-27-36)54-46-24-11-10-23-45(46)51-50(54)38-19-8-3-9-20-38)34-43(33-41)39-21-14-22-40(31-39)48-49(37-17-6-2-7-18-37)53-30-13-12-25-47(53)52-48/h1-34H/i1D,4D,5D,15D,16D. The zero-order valence-corrected chi connectivity index (χ0v) is 29.0. The van der Waals surface area contributed by atoms with E-state index in [2.05, 4.69) is 81.8 Å². The van der Waals surface area contributed by atoms with Gasteiger partial charge in [-0.1, -0.05) is 139 Å². The molecular formula is C50H34N4. The van der Waals surface area contributed by atoms with E-state index in [0.29, 0.717) is 5.56 Å². The van der Waals surface area contributed by atoms with Crippen molar-refractivity contribution in [3.8, 4) is 73.0 Å². The molecule has 10 aromatic rings. The highest BCUT2D eigenvalue weighted by Gasteiger charge is 2.18. The van der Waals surface area contributed by atoms with Gasteiger partial charge in [-0.15, -0.1) is 0 Å². The summed E-state index contributed by atoms with van der Waals surface area (Å²) in [5.41, 5.74) is 12.6. The van der Waals surface area contributed by atoms with Gasteiger partial charge < -0.3 is 0 Å². The van der Waals surface area contributed by atoms with Crippen molar-refractivity contribution in [1.82, 2.24) is 18.9 Å². The van der Waals surface area contributed by atoms with Crippen molar-refractivity contribution in [1.29, 1.82) is 0 Å². The van der Waals surface area contributed by atoms with Gasteiger partial charge in [-0.3, -0.25) is 8.97 Å². The third-order valence-electron chi connectivity index (χ3n) is 9.82. The molecule has 0 aliphatic heterocycles. The van der Waals surface area contributed by atoms with Gasteiger partial charge in [0.2, 0.25) is 0 Å². The number of imidazole rings is 2. The van der Waals surface area contributed by atoms with Crippen molar-refractivity contribution in [2.75, 3.05) is 0 Å². The summed E-state index contributed by atoms with van der Waals surface area (Å²) in [4.78, 5) is 10.1. The fourth-order valence-corrected chi connectivity index (χ4v) is 7.29. The Hall–Kier alpha value is -7.30. The van der Waals surface area contributed by atoms with E-state index in [1.54, 1.807) is 0 Å². The molecule has 0 atom stereocenters. The maximum atomic E-state index is 8.90. The van der Waals surface area contributed by atoms with Crippen LogP contribution in [-0.4, -0.2) is 18.9 Å².